The van der Waals surface area contributed by atoms with Gasteiger partial charge in [-0.25, -0.2) is 0 Å². The van der Waals surface area contributed by atoms with Crippen LogP contribution in [0.2, 0.25) is 0 Å². The smallest absolute Gasteiger partial charge is 0.0594 e. The Hall–Kier alpha value is -1.52. The highest BCUT2D eigenvalue weighted by atomic mass is 16.5. The van der Waals surface area contributed by atoms with Crippen molar-refractivity contribution in [1.29, 1.82) is 0 Å². The van der Waals surface area contributed by atoms with Gasteiger partial charge in [0.2, 0.25) is 0 Å². The molecule has 1 saturated heterocycles. The first-order valence-electron chi connectivity index (χ1n) is 6.97. The SMILES string of the molecule is Nc1ccc2c(ccn2CCCN2CCOCC2)c1. The maximum Gasteiger partial charge on any atom is 0.0594 e. The zero-order valence-electron chi connectivity index (χ0n) is 11.2. The summed E-state index contributed by atoms with van der Waals surface area (Å²) in [5, 5.41) is 1.23. The monoisotopic (exact) mass is 259 g/mol. The maximum atomic E-state index is 5.80. The van der Waals surface area contributed by atoms with Crippen LogP contribution >= 0.6 is 0 Å². The van der Waals surface area contributed by atoms with E-state index in [1.807, 2.05) is 12.1 Å². The normalized spacial score (nSPS) is 17.1. The summed E-state index contributed by atoms with van der Waals surface area (Å²) >= 11 is 0. The predicted molar refractivity (Wildman–Crippen MR) is 78.2 cm³/mol. The van der Waals surface area contributed by atoms with E-state index in [2.05, 4.69) is 27.8 Å². The van der Waals surface area contributed by atoms with Gasteiger partial charge in [0.1, 0.15) is 0 Å². The molecule has 0 amide bonds. The van der Waals surface area contributed by atoms with Crippen LogP contribution in [0, 0.1) is 0 Å². The lowest BCUT2D eigenvalue weighted by atomic mass is 10.2. The lowest BCUT2D eigenvalue weighted by Gasteiger charge is -2.26. The molecule has 2 aromatic rings. The second-order valence-corrected chi connectivity index (χ2v) is 5.13. The van der Waals surface area contributed by atoms with Crippen molar-refractivity contribution in [2.24, 2.45) is 0 Å². The molecule has 102 valence electrons. The molecule has 3 rings (SSSR count). The molecule has 1 aromatic heterocycles. The van der Waals surface area contributed by atoms with Crippen molar-refractivity contribution >= 4 is 16.6 Å². The van der Waals surface area contributed by atoms with Crippen LogP contribution in [0.4, 0.5) is 5.69 Å². The number of aromatic nitrogens is 1. The number of benzene rings is 1. The molecule has 2 heterocycles. The van der Waals surface area contributed by atoms with Gasteiger partial charge in [-0.3, -0.25) is 4.90 Å². The topological polar surface area (TPSA) is 43.4 Å². The van der Waals surface area contributed by atoms with Crippen LogP contribution in [0.3, 0.4) is 0 Å². The van der Waals surface area contributed by atoms with Gasteiger partial charge in [0, 0.05) is 49.0 Å². The summed E-state index contributed by atoms with van der Waals surface area (Å²) in [7, 11) is 0. The third-order valence-electron chi connectivity index (χ3n) is 3.77. The number of hydrogen-bond donors (Lipinski definition) is 1. The third kappa shape index (κ3) is 2.91. The minimum absolute atomic E-state index is 0.832. The van der Waals surface area contributed by atoms with Crippen molar-refractivity contribution in [3.05, 3.63) is 30.5 Å². The van der Waals surface area contributed by atoms with Crippen molar-refractivity contribution in [2.75, 3.05) is 38.6 Å². The molecule has 0 spiro atoms. The molecule has 2 N–H and O–H groups in total. The Balaban J connectivity index is 1.59. The molecule has 1 fully saturated rings. The van der Waals surface area contributed by atoms with Crippen LogP contribution in [0.1, 0.15) is 6.42 Å². The molecule has 0 saturated carbocycles. The van der Waals surface area contributed by atoms with Crippen molar-refractivity contribution < 1.29 is 4.74 Å². The number of rotatable bonds is 4. The Morgan fingerprint density at radius 1 is 1.11 bits per heavy atom. The standard InChI is InChI=1S/C15H21N3O/c16-14-2-3-15-13(12-14)4-7-18(15)6-1-5-17-8-10-19-11-9-17/h2-4,7,12H,1,5-6,8-11,16H2. The van der Waals surface area contributed by atoms with Gasteiger partial charge >= 0.3 is 0 Å². The fourth-order valence-corrected chi connectivity index (χ4v) is 2.70. The van der Waals surface area contributed by atoms with Gasteiger partial charge in [-0.2, -0.15) is 0 Å². The molecule has 0 unspecified atom stereocenters. The minimum Gasteiger partial charge on any atom is -0.399 e. The fourth-order valence-electron chi connectivity index (χ4n) is 2.70. The van der Waals surface area contributed by atoms with Crippen molar-refractivity contribution in [2.45, 2.75) is 13.0 Å². The quantitative estimate of drug-likeness (QED) is 0.853. The highest BCUT2D eigenvalue weighted by Crippen LogP contribution is 2.19. The van der Waals surface area contributed by atoms with Crippen molar-refractivity contribution in [3.8, 4) is 0 Å². The molecule has 0 aliphatic carbocycles. The molecule has 4 heteroatoms. The number of ether oxygens (including phenoxy) is 1. The first-order valence-corrected chi connectivity index (χ1v) is 6.97. The minimum atomic E-state index is 0.832. The number of nitrogens with zero attached hydrogens (tertiary/aromatic N) is 2. The number of anilines is 1. The van der Waals surface area contributed by atoms with E-state index in [0.29, 0.717) is 0 Å². The summed E-state index contributed by atoms with van der Waals surface area (Å²) in [6.45, 7) is 6.12. The second kappa shape index (κ2) is 5.63. The number of hydrogen-bond acceptors (Lipinski definition) is 3. The van der Waals surface area contributed by atoms with Crippen LogP contribution < -0.4 is 5.73 Å². The Bertz CT molecular complexity index is 543. The highest BCUT2D eigenvalue weighted by molar-refractivity contribution is 5.83. The van der Waals surface area contributed by atoms with Crippen LogP contribution in [0.5, 0.6) is 0 Å². The van der Waals surface area contributed by atoms with Crippen LogP contribution in [-0.2, 0) is 11.3 Å². The van der Waals surface area contributed by atoms with Gasteiger partial charge in [0.25, 0.3) is 0 Å². The highest BCUT2D eigenvalue weighted by Gasteiger charge is 2.09. The van der Waals surface area contributed by atoms with Crippen molar-refractivity contribution in [1.82, 2.24) is 9.47 Å². The van der Waals surface area contributed by atoms with Gasteiger partial charge in [0.15, 0.2) is 0 Å². The number of morpholine rings is 1. The summed E-state index contributed by atoms with van der Waals surface area (Å²) in [6.07, 6.45) is 3.33. The number of aryl methyl sites for hydroxylation is 1. The van der Waals surface area contributed by atoms with Crippen LogP contribution in [0.15, 0.2) is 30.5 Å². The van der Waals surface area contributed by atoms with E-state index < -0.39 is 0 Å². The molecular weight excluding hydrogens is 238 g/mol. The zero-order chi connectivity index (χ0) is 13.1. The lowest BCUT2D eigenvalue weighted by Crippen LogP contribution is -2.37. The van der Waals surface area contributed by atoms with Gasteiger partial charge in [0.05, 0.1) is 13.2 Å². The Labute approximate surface area is 113 Å². The number of nitrogen functional groups attached to an aromatic ring is 1. The summed E-state index contributed by atoms with van der Waals surface area (Å²) < 4.78 is 7.68. The molecule has 0 bridgehead atoms. The first kappa shape index (κ1) is 12.5. The largest absolute Gasteiger partial charge is 0.399 e. The third-order valence-corrected chi connectivity index (χ3v) is 3.77. The molecular formula is C15H21N3O. The molecule has 0 radical (unpaired) electrons. The molecule has 4 nitrogen and oxygen atoms in total. The fraction of sp³-hybridized carbons (Fsp3) is 0.467. The van der Waals surface area contributed by atoms with Crippen LogP contribution in [-0.4, -0.2) is 42.3 Å². The van der Waals surface area contributed by atoms with E-state index >= 15 is 0 Å². The average Bonchev–Trinajstić information content (AvgIpc) is 2.82. The van der Waals surface area contributed by atoms with Gasteiger partial charge < -0.3 is 15.0 Å². The van der Waals surface area contributed by atoms with E-state index in [9.17, 15) is 0 Å². The summed E-state index contributed by atoms with van der Waals surface area (Å²) in [5.74, 6) is 0. The number of nitrogens with two attached hydrogens (primary N) is 1. The average molecular weight is 259 g/mol. The lowest BCUT2D eigenvalue weighted by molar-refractivity contribution is 0.0370. The van der Waals surface area contributed by atoms with E-state index in [-0.39, 0.29) is 0 Å². The molecule has 1 aromatic carbocycles. The molecule has 1 aliphatic rings. The molecule has 1 aliphatic heterocycles. The van der Waals surface area contributed by atoms with Gasteiger partial charge in [-0.1, -0.05) is 0 Å². The molecule has 19 heavy (non-hydrogen) atoms. The van der Waals surface area contributed by atoms with E-state index in [0.717, 1.165) is 45.1 Å². The van der Waals surface area contributed by atoms with E-state index in [4.69, 9.17) is 10.5 Å². The van der Waals surface area contributed by atoms with E-state index in [1.54, 1.807) is 0 Å². The predicted octanol–water partition coefficient (Wildman–Crippen LogP) is 1.95. The Morgan fingerprint density at radius 3 is 2.79 bits per heavy atom. The zero-order valence-corrected chi connectivity index (χ0v) is 11.2. The first-order chi connectivity index (χ1) is 9.33. The maximum absolute atomic E-state index is 5.80. The Kier molecular flexibility index (Phi) is 3.71. The van der Waals surface area contributed by atoms with Crippen LogP contribution in [0.25, 0.3) is 10.9 Å². The van der Waals surface area contributed by atoms with E-state index in [1.165, 1.54) is 17.3 Å². The number of fused-ring (bicyclic) bond motifs is 1. The summed E-state index contributed by atoms with van der Waals surface area (Å²) in [5.41, 5.74) is 7.91. The molecule has 0 atom stereocenters. The summed E-state index contributed by atoms with van der Waals surface area (Å²) in [4.78, 5) is 2.48. The summed E-state index contributed by atoms with van der Waals surface area (Å²) in [6, 6.07) is 8.26. The van der Waals surface area contributed by atoms with Crippen molar-refractivity contribution in [3.63, 3.8) is 0 Å². The van der Waals surface area contributed by atoms with Gasteiger partial charge in [-0.05, 0) is 30.7 Å². The second-order valence-electron chi connectivity index (χ2n) is 5.13. The Morgan fingerprint density at radius 2 is 1.95 bits per heavy atom. The van der Waals surface area contributed by atoms with Gasteiger partial charge in [-0.15, -0.1) is 0 Å².